The van der Waals surface area contributed by atoms with Crippen LogP contribution in [0.25, 0.3) is 0 Å². The number of esters is 1. The Bertz CT molecular complexity index is 432. The van der Waals surface area contributed by atoms with Crippen molar-refractivity contribution in [2.45, 2.75) is 6.92 Å². The van der Waals surface area contributed by atoms with Crippen LogP contribution < -0.4 is 0 Å². The molecule has 0 saturated heterocycles. The van der Waals surface area contributed by atoms with Crippen LogP contribution in [0.1, 0.15) is 12.5 Å². The normalized spacial score (nSPS) is 9.00. The lowest BCUT2D eigenvalue weighted by Crippen LogP contribution is -1.99. The minimum Gasteiger partial charge on any atom is -0.456 e. The standard InChI is InChI=1S/C11H8BrFO2/c1-2-15-11(14)6-4-8-3-5-9(13)7-10(8)12/h3,5,7H,2H2,1H3. The summed E-state index contributed by atoms with van der Waals surface area (Å²) >= 11 is 3.14. The molecular weight excluding hydrogens is 263 g/mol. The van der Waals surface area contributed by atoms with Gasteiger partial charge in [0.15, 0.2) is 0 Å². The Labute approximate surface area is 95.6 Å². The number of ether oxygens (including phenoxy) is 1. The Morgan fingerprint density at radius 3 is 2.93 bits per heavy atom. The maximum absolute atomic E-state index is 12.7. The van der Waals surface area contributed by atoms with E-state index in [9.17, 15) is 9.18 Å². The van der Waals surface area contributed by atoms with E-state index in [1.165, 1.54) is 18.2 Å². The van der Waals surface area contributed by atoms with Crippen LogP contribution in [0.2, 0.25) is 0 Å². The minimum absolute atomic E-state index is 0.290. The number of carbonyl (C=O) groups is 1. The molecule has 4 heteroatoms. The molecule has 1 rings (SSSR count). The SMILES string of the molecule is CCOC(=O)C#Cc1ccc(F)cc1Br. The summed E-state index contributed by atoms with van der Waals surface area (Å²) in [5.74, 6) is 3.94. The van der Waals surface area contributed by atoms with Crippen molar-refractivity contribution in [2.75, 3.05) is 6.61 Å². The van der Waals surface area contributed by atoms with E-state index in [1.807, 2.05) is 0 Å². The summed E-state index contributed by atoms with van der Waals surface area (Å²) in [6, 6.07) is 4.06. The number of hydrogen-bond donors (Lipinski definition) is 0. The average molecular weight is 271 g/mol. The van der Waals surface area contributed by atoms with Crippen molar-refractivity contribution < 1.29 is 13.9 Å². The maximum Gasteiger partial charge on any atom is 0.384 e. The van der Waals surface area contributed by atoms with Gasteiger partial charge in [-0.2, -0.15) is 0 Å². The predicted octanol–water partition coefficient (Wildman–Crippen LogP) is 2.50. The molecule has 0 fully saturated rings. The van der Waals surface area contributed by atoms with Gasteiger partial charge in [0, 0.05) is 16.0 Å². The zero-order valence-electron chi connectivity index (χ0n) is 8.01. The summed E-state index contributed by atoms with van der Waals surface area (Å²) in [6.07, 6.45) is 0. The lowest BCUT2D eigenvalue weighted by Gasteiger charge is -1.95. The molecule has 0 N–H and O–H groups in total. The summed E-state index contributed by atoms with van der Waals surface area (Å²) < 4.78 is 17.8. The van der Waals surface area contributed by atoms with Gasteiger partial charge < -0.3 is 4.74 Å². The second-order valence-electron chi connectivity index (χ2n) is 2.59. The highest BCUT2D eigenvalue weighted by atomic mass is 79.9. The molecule has 0 aliphatic heterocycles. The number of halogens is 2. The van der Waals surface area contributed by atoms with Crippen molar-refractivity contribution in [1.82, 2.24) is 0 Å². The fraction of sp³-hybridized carbons (Fsp3) is 0.182. The highest BCUT2D eigenvalue weighted by molar-refractivity contribution is 9.10. The van der Waals surface area contributed by atoms with E-state index in [1.54, 1.807) is 6.92 Å². The van der Waals surface area contributed by atoms with Crippen molar-refractivity contribution in [2.24, 2.45) is 0 Å². The van der Waals surface area contributed by atoms with Crippen LogP contribution in [0.4, 0.5) is 4.39 Å². The van der Waals surface area contributed by atoms with Gasteiger partial charge in [-0.05, 0) is 41.1 Å². The Kier molecular flexibility index (Phi) is 4.32. The lowest BCUT2D eigenvalue weighted by atomic mass is 10.2. The van der Waals surface area contributed by atoms with E-state index in [4.69, 9.17) is 0 Å². The van der Waals surface area contributed by atoms with E-state index in [2.05, 4.69) is 32.5 Å². The first-order chi connectivity index (χ1) is 7.13. The van der Waals surface area contributed by atoms with Crippen LogP contribution in [0.3, 0.4) is 0 Å². The molecule has 0 heterocycles. The van der Waals surface area contributed by atoms with E-state index < -0.39 is 5.97 Å². The van der Waals surface area contributed by atoms with Crippen molar-refractivity contribution in [1.29, 1.82) is 0 Å². The monoisotopic (exact) mass is 270 g/mol. The molecule has 0 spiro atoms. The molecule has 0 amide bonds. The summed E-state index contributed by atoms with van der Waals surface area (Å²) in [5.41, 5.74) is 0.546. The second-order valence-corrected chi connectivity index (χ2v) is 3.45. The molecule has 15 heavy (non-hydrogen) atoms. The van der Waals surface area contributed by atoms with Gasteiger partial charge in [-0.1, -0.05) is 5.92 Å². The average Bonchev–Trinajstić information content (AvgIpc) is 2.17. The maximum atomic E-state index is 12.7. The third-order valence-electron chi connectivity index (χ3n) is 1.51. The first kappa shape index (κ1) is 11.7. The molecule has 0 aliphatic rings. The first-order valence-corrected chi connectivity index (χ1v) is 5.06. The fourth-order valence-corrected chi connectivity index (χ4v) is 1.33. The quantitative estimate of drug-likeness (QED) is 0.579. The van der Waals surface area contributed by atoms with Crippen molar-refractivity contribution in [3.05, 3.63) is 34.1 Å². The number of rotatable bonds is 1. The van der Waals surface area contributed by atoms with Crippen molar-refractivity contribution >= 4 is 21.9 Å². The molecule has 0 unspecified atom stereocenters. The minimum atomic E-state index is -0.589. The highest BCUT2D eigenvalue weighted by Gasteiger charge is 1.99. The lowest BCUT2D eigenvalue weighted by molar-refractivity contribution is -0.136. The summed E-state index contributed by atoms with van der Waals surface area (Å²) in [6.45, 7) is 1.99. The summed E-state index contributed by atoms with van der Waals surface area (Å²) in [7, 11) is 0. The van der Waals surface area contributed by atoms with Crippen LogP contribution in [0, 0.1) is 17.7 Å². The zero-order chi connectivity index (χ0) is 11.3. The van der Waals surface area contributed by atoms with Crippen molar-refractivity contribution in [3.8, 4) is 11.8 Å². The smallest absolute Gasteiger partial charge is 0.384 e. The fourth-order valence-electron chi connectivity index (χ4n) is 0.876. The summed E-state index contributed by atoms with van der Waals surface area (Å²) in [5, 5.41) is 0. The molecule has 78 valence electrons. The molecule has 0 aromatic heterocycles. The molecule has 0 atom stereocenters. The third kappa shape index (κ3) is 3.72. The Morgan fingerprint density at radius 1 is 1.60 bits per heavy atom. The Morgan fingerprint density at radius 2 is 2.33 bits per heavy atom. The molecule has 0 saturated carbocycles. The van der Waals surface area contributed by atoms with E-state index in [0.717, 1.165) is 0 Å². The van der Waals surface area contributed by atoms with E-state index >= 15 is 0 Å². The van der Waals surface area contributed by atoms with Gasteiger partial charge in [-0.25, -0.2) is 9.18 Å². The van der Waals surface area contributed by atoms with E-state index in [-0.39, 0.29) is 12.4 Å². The van der Waals surface area contributed by atoms with Gasteiger partial charge in [0.25, 0.3) is 0 Å². The first-order valence-electron chi connectivity index (χ1n) is 4.27. The van der Waals surface area contributed by atoms with Crippen LogP contribution in [0.15, 0.2) is 22.7 Å². The van der Waals surface area contributed by atoms with Gasteiger partial charge in [-0.3, -0.25) is 0 Å². The Hall–Kier alpha value is -1.34. The zero-order valence-corrected chi connectivity index (χ0v) is 9.60. The number of benzene rings is 1. The van der Waals surface area contributed by atoms with Crippen LogP contribution in [-0.4, -0.2) is 12.6 Å². The van der Waals surface area contributed by atoms with Gasteiger partial charge >= 0.3 is 5.97 Å². The van der Waals surface area contributed by atoms with Gasteiger partial charge in [0.2, 0.25) is 0 Å². The van der Waals surface area contributed by atoms with E-state index in [0.29, 0.717) is 10.0 Å². The molecule has 0 bridgehead atoms. The molecular formula is C11H8BrFO2. The van der Waals surface area contributed by atoms with Crippen molar-refractivity contribution in [3.63, 3.8) is 0 Å². The number of hydrogen-bond acceptors (Lipinski definition) is 2. The largest absolute Gasteiger partial charge is 0.456 e. The topological polar surface area (TPSA) is 26.3 Å². The van der Waals surface area contributed by atoms with Gasteiger partial charge in [0.1, 0.15) is 5.82 Å². The van der Waals surface area contributed by atoms with Gasteiger partial charge in [-0.15, -0.1) is 0 Å². The molecule has 2 nitrogen and oxygen atoms in total. The van der Waals surface area contributed by atoms with Crippen LogP contribution in [-0.2, 0) is 9.53 Å². The van der Waals surface area contributed by atoms with Crippen LogP contribution in [0.5, 0.6) is 0 Å². The molecule has 0 radical (unpaired) electrons. The molecule has 0 aliphatic carbocycles. The second kappa shape index (κ2) is 5.52. The predicted molar refractivity (Wildman–Crippen MR) is 57.6 cm³/mol. The number of carbonyl (C=O) groups excluding carboxylic acids is 1. The molecule has 1 aromatic carbocycles. The molecule has 1 aromatic rings. The van der Waals surface area contributed by atoms with Gasteiger partial charge in [0.05, 0.1) is 6.61 Å². The highest BCUT2D eigenvalue weighted by Crippen LogP contribution is 2.16. The summed E-state index contributed by atoms with van der Waals surface area (Å²) in [4.78, 5) is 10.9. The third-order valence-corrected chi connectivity index (χ3v) is 2.16. The Balaban J connectivity index is 2.84. The van der Waals surface area contributed by atoms with Crippen LogP contribution >= 0.6 is 15.9 Å².